The molecule has 0 bridgehead atoms. The van der Waals surface area contributed by atoms with Crippen molar-refractivity contribution in [3.8, 4) is 11.5 Å². The first-order valence-corrected chi connectivity index (χ1v) is 7.75. The molecule has 1 aliphatic rings. The summed E-state index contributed by atoms with van der Waals surface area (Å²) in [5, 5.41) is 9.59. The van der Waals surface area contributed by atoms with Gasteiger partial charge >= 0.3 is 0 Å². The molecule has 0 amide bonds. The zero-order chi connectivity index (χ0) is 15.5. The van der Waals surface area contributed by atoms with Crippen LogP contribution >= 0.6 is 0 Å². The van der Waals surface area contributed by atoms with Gasteiger partial charge in [0.1, 0.15) is 0 Å². The predicted molar refractivity (Wildman–Crippen MR) is 84.3 cm³/mol. The third kappa shape index (κ3) is 3.14. The maximum Gasteiger partial charge on any atom is 0.163 e. The van der Waals surface area contributed by atoms with Gasteiger partial charge in [-0.3, -0.25) is 4.98 Å². The number of rotatable bonds is 4. The van der Waals surface area contributed by atoms with Crippen molar-refractivity contribution in [2.75, 3.05) is 14.2 Å². The van der Waals surface area contributed by atoms with Crippen molar-refractivity contribution in [3.63, 3.8) is 0 Å². The Hall–Kier alpha value is -1.88. The number of aliphatic hydroxyl groups excluding tert-OH is 1. The topological polar surface area (TPSA) is 64.5 Å². The SMILES string of the molecule is COc1cc2ncc(CC3CCC(O)CC3)nc2cc1OC. The van der Waals surface area contributed by atoms with Gasteiger partial charge in [0.15, 0.2) is 11.5 Å². The highest BCUT2D eigenvalue weighted by Gasteiger charge is 2.20. The summed E-state index contributed by atoms with van der Waals surface area (Å²) in [5.41, 5.74) is 2.63. The van der Waals surface area contributed by atoms with Crippen LogP contribution in [0.2, 0.25) is 0 Å². The Balaban J connectivity index is 1.83. The first kappa shape index (κ1) is 15.0. The minimum absolute atomic E-state index is 0.115. The number of methoxy groups -OCH3 is 2. The van der Waals surface area contributed by atoms with E-state index >= 15 is 0 Å². The van der Waals surface area contributed by atoms with Gasteiger partial charge in [0.05, 0.1) is 37.1 Å². The van der Waals surface area contributed by atoms with E-state index in [-0.39, 0.29) is 6.10 Å². The Kier molecular flexibility index (Phi) is 4.43. The molecule has 0 spiro atoms. The quantitative estimate of drug-likeness (QED) is 0.941. The largest absolute Gasteiger partial charge is 0.493 e. The third-order valence-electron chi connectivity index (χ3n) is 4.41. The van der Waals surface area contributed by atoms with E-state index < -0.39 is 0 Å². The lowest BCUT2D eigenvalue weighted by Gasteiger charge is -2.24. The Morgan fingerprint density at radius 1 is 1.05 bits per heavy atom. The summed E-state index contributed by atoms with van der Waals surface area (Å²) in [5.74, 6) is 1.93. The molecule has 5 nitrogen and oxygen atoms in total. The first-order valence-electron chi connectivity index (χ1n) is 7.75. The van der Waals surface area contributed by atoms with Crippen LogP contribution in [0.5, 0.6) is 11.5 Å². The molecule has 1 N–H and O–H groups in total. The highest BCUT2D eigenvalue weighted by Crippen LogP contribution is 2.31. The fourth-order valence-electron chi connectivity index (χ4n) is 3.12. The average molecular weight is 302 g/mol. The lowest BCUT2D eigenvalue weighted by molar-refractivity contribution is 0.108. The van der Waals surface area contributed by atoms with E-state index in [1.807, 2.05) is 18.3 Å². The fourth-order valence-corrected chi connectivity index (χ4v) is 3.12. The molecule has 118 valence electrons. The van der Waals surface area contributed by atoms with Crippen molar-refractivity contribution < 1.29 is 14.6 Å². The highest BCUT2D eigenvalue weighted by molar-refractivity contribution is 5.78. The van der Waals surface area contributed by atoms with E-state index in [0.29, 0.717) is 17.4 Å². The fraction of sp³-hybridized carbons (Fsp3) is 0.529. The first-order chi connectivity index (χ1) is 10.7. The number of nitrogens with zero attached hydrogens (tertiary/aromatic N) is 2. The molecule has 0 aliphatic heterocycles. The molecule has 5 heteroatoms. The van der Waals surface area contributed by atoms with Crippen LogP contribution in [0.4, 0.5) is 0 Å². The molecule has 1 heterocycles. The summed E-state index contributed by atoms with van der Waals surface area (Å²) in [6, 6.07) is 3.72. The molecule has 0 radical (unpaired) electrons. The molecule has 3 rings (SSSR count). The van der Waals surface area contributed by atoms with Crippen molar-refractivity contribution in [3.05, 3.63) is 24.0 Å². The minimum Gasteiger partial charge on any atom is -0.493 e. The zero-order valence-corrected chi connectivity index (χ0v) is 13.1. The van der Waals surface area contributed by atoms with E-state index in [1.54, 1.807) is 14.2 Å². The molecule has 2 aromatic rings. The summed E-state index contributed by atoms with van der Waals surface area (Å²) in [6.45, 7) is 0. The molecule has 1 aromatic heterocycles. The van der Waals surface area contributed by atoms with Crippen LogP contribution in [0.3, 0.4) is 0 Å². The molecular weight excluding hydrogens is 280 g/mol. The molecule has 1 saturated carbocycles. The van der Waals surface area contributed by atoms with Gasteiger partial charge in [-0.2, -0.15) is 0 Å². The van der Waals surface area contributed by atoms with Crippen molar-refractivity contribution in [2.24, 2.45) is 5.92 Å². The molecule has 1 aromatic carbocycles. The van der Waals surface area contributed by atoms with Gasteiger partial charge in [-0.1, -0.05) is 0 Å². The van der Waals surface area contributed by atoms with Gasteiger partial charge in [0.25, 0.3) is 0 Å². The normalized spacial score (nSPS) is 21.8. The molecule has 0 atom stereocenters. The van der Waals surface area contributed by atoms with Crippen LogP contribution in [0, 0.1) is 5.92 Å². The molecule has 22 heavy (non-hydrogen) atoms. The average Bonchev–Trinajstić information content (AvgIpc) is 2.55. The van der Waals surface area contributed by atoms with E-state index in [2.05, 4.69) is 4.98 Å². The lowest BCUT2D eigenvalue weighted by Crippen LogP contribution is -2.20. The Labute approximate surface area is 130 Å². The van der Waals surface area contributed by atoms with Crippen LogP contribution in [-0.4, -0.2) is 35.4 Å². The van der Waals surface area contributed by atoms with Gasteiger partial charge in [-0.15, -0.1) is 0 Å². The van der Waals surface area contributed by atoms with Gasteiger partial charge in [-0.05, 0) is 38.0 Å². The zero-order valence-electron chi connectivity index (χ0n) is 13.1. The number of hydrogen-bond acceptors (Lipinski definition) is 5. The monoisotopic (exact) mass is 302 g/mol. The second-order valence-electron chi connectivity index (χ2n) is 5.94. The Bertz CT molecular complexity index is 652. The standard InChI is InChI=1S/C17H22N2O3/c1-21-16-8-14-15(9-17(16)22-2)19-12(10-18-14)7-11-3-5-13(20)6-4-11/h8-11,13,20H,3-7H2,1-2H3. The van der Waals surface area contributed by atoms with Crippen molar-refractivity contribution in [2.45, 2.75) is 38.2 Å². The van der Waals surface area contributed by atoms with E-state index in [9.17, 15) is 5.11 Å². The number of benzene rings is 1. The molecule has 1 fully saturated rings. The van der Waals surface area contributed by atoms with E-state index in [1.165, 1.54) is 0 Å². The molecular formula is C17H22N2O3. The van der Waals surface area contributed by atoms with Crippen LogP contribution in [0.25, 0.3) is 11.0 Å². The van der Waals surface area contributed by atoms with Gasteiger partial charge in [0.2, 0.25) is 0 Å². The van der Waals surface area contributed by atoms with Gasteiger partial charge in [-0.25, -0.2) is 4.98 Å². The summed E-state index contributed by atoms with van der Waals surface area (Å²) >= 11 is 0. The van der Waals surface area contributed by atoms with Crippen molar-refractivity contribution in [1.82, 2.24) is 9.97 Å². The second kappa shape index (κ2) is 6.48. The molecule has 1 aliphatic carbocycles. The Morgan fingerprint density at radius 2 is 1.68 bits per heavy atom. The summed E-state index contributed by atoms with van der Waals surface area (Å²) in [6.07, 6.45) is 6.58. The summed E-state index contributed by atoms with van der Waals surface area (Å²) in [7, 11) is 3.23. The van der Waals surface area contributed by atoms with Crippen LogP contribution < -0.4 is 9.47 Å². The molecule has 0 saturated heterocycles. The number of aliphatic hydroxyl groups is 1. The molecule has 0 unspecified atom stereocenters. The smallest absolute Gasteiger partial charge is 0.163 e. The number of ether oxygens (including phenoxy) is 2. The van der Waals surface area contributed by atoms with Crippen LogP contribution in [0.1, 0.15) is 31.4 Å². The van der Waals surface area contributed by atoms with Crippen molar-refractivity contribution >= 4 is 11.0 Å². The third-order valence-corrected chi connectivity index (χ3v) is 4.41. The number of fused-ring (bicyclic) bond motifs is 1. The maximum atomic E-state index is 9.59. The van der Waals surface area contributed by atoms with E-state index in [0.717, 1.165) is 48.8 Å². The maximum absolute atomic E-state index is 9.59. The summed E-state index contributed by atoms with van der Waals surface area (Å²) in [4.78, 5) is 9.21. The lowest BCUT2D eigenvalue weighted by atomic mass is 9.85. The predicted octanol–water partition coefficient (Wildman–Crippen LogP) is 2.74. The second-order valence-corrected chi connectivity index (χ2v) is 5.94. The van der Waals surface area contributed by atoms with Gasteiger partial charge in [0, 0.05) is 18.3 Å². The number of aromatic nitrogens is 2. The van der Waals surface area contributed by atoms with Crippen molar-refractivity contribution in [1.29, 1.82) is 0 Å². The van der Waals surface area contributed by atoms with E-state index in [4.69, 9.17) is 14.5 Å². The number of hydrogen-bond donors (Lipinski definition) is 1. The highest BCUT2D eigenvalue weighted by atomic mass is 16.5. The van der Waals surface area contributed by atoms with Crippen LogP contribution in [-0.2, 0) is 6.42 Å². The minimum atomic E-state index is -0.115. The van der Waals surface area contributed by atoms with Gasteiger partial charge < -0.3 is 14.6 Å². The van der Waals surface area contributed by atoms with Crippen LogP contribution in [0.15, 0.2) is 18.3 Å². The summed E-state index contributed by atoms with van der Waals surface area (Å²) < 4.78 is 10.6. The Morgan fingerprint density at radius 3 is 2.32 bits per heavy atom.